The van der Waals surface area contributed by atoms with Crippen LogP contribution in [0.4, 0.5) is 0 Å². The Morgan fingerprint density at radius 2 is 1.73 bits per heavy atom. The van der Waals surface area contributed by atoms with Crippen molar-refractivity contribution >= 4 is 0 Å². The molecule has 0 spiro atoms. The minimum Gasteiger partial charge on any atom is -0.387 e. The molecule has 1 radical (unpaired) electrons. The zero-order valence-corrected chi connectivity index (χ0v) is 15.7. The summed E-state index contributed by atoms with van der Waals surface area (Å²) < 4.78 is 0. The predicted octanol–water partition coefficient (Wildman–Crippen LogP) is -0.118. The van der Waals surface area contributed by atoms with Crippen molar-refractivity contribution in [3.05, 3.63) is 42.8 Å². The number of aliphatic hydroxyl groups excluding tert-OH is 1. The van der Waals surface area contributed by atoms with Crippen LogP contribution in [0.15, 0.2) is 30.3 Å². The van der Waals surface area contributed by atoms with Crippen LogP contribution < -0.4 is 24.2 Å². The van der Waals surface area contributed by atoms with Crippen LogP contribution in [-0.4, -0.2) is 43.2 Å². The average Bonchev–Trinajstić information content (AvgIpc) is 2.47. The van der Waals surface area contributed by atoms with Gasteiger partial charge in [-0.3, -0.25) is 0 Å². The standard InChI is InChI=1S/C13H22N2O.C4H9.Cu.Li/c1-11(14-9-10-15(2)3)13(16)12-7-5-4-6-8-12;1-3-4-2;;/h4-8,11,13-14,16H,9-10H2,1-3H3;1,3-4H2,2H3;;/q;-1;;+1/t11-,13?;;;/m0.../s1. The number of benzene rings is 1. The predicted molar refractivity (Wildman–Crippen MR) is 87.7 cm³/mol. The van der Waals surface area contributed by atoms with Crippen LogP contribution in [0.3, 0.4) is 0 Å². The molecule has 2 atom stereocenters. The van der Waals surface area contributed by atoms with E-state index < -0.39 is 6.10 Å². The van der Waals surface area contributed by atoms with Gasteiger partial charge in [-0.1, -0.05) is 43.7 Å². The second-order valence-electron chi connectivity index (χ2n) is 5.26. The summed E-state index contributed by atoms with van der Waals surface area (Å²) in [5.41, 5.74) is 0.965. The summed E-state index contributed by atoms with van der Waals surface area (Å²) in [4.78, 5) is 2.12. The molecule has 1 aromatic carbocycles. The van der Waals surface area contributed by atoms with Gasteiger partial charge in [-0.25, -0.2) is 0 Å². The van der Waals surface area contributed by atoms with Crippen molar-refractivity contribution in [1.82, 2.24) is 10.2 Å². The summed E-state index contributed by atoms with van der Waals surface area (Å²) in [6.45, 7) is 9.59. The Balaban J connectivity index is -0.000000538. The number of aliphatic hydroxyl groups is 1. The van der Waals surface area contributed by atoms with E-state index in [4.69, 9.17) is 0 Å². The van der Waals surface area contributed by atoms with Crippen LogP contribution >= 0.6 is 0 Å². The first-order valence-corrected chi connectivity index (χ1v) is 7.43. The fourth-order valence-corrected chi connectivity index (χ4v) is 1.57. The van der Waals surface area contributed by atoms with Crippen LogP contribution in [0, 0.1) is 6.92 Å². The van der Waals surface area contributed by atoms with Gasteiger partial charge in [-0.15, -0.1) is 0 Å². The number of nitrogens with one attached hydrogen (secondary N) is 1. The smallest absolute Gasteiger partial charge is 0.387 e. The molecule has 1 aromatic rings. The van der Waals surface area contributed by atoms with E-state index in [-0.39, 0.29) is 42.0 Å². The van der Waals surface area contributed by atoms with Gasteiger partial charge in [-0.05, 0) is 26.6 Å². The largest absolute Gasteiger partial charge is 1.00 e. The second kappa shape index (κ2) is 17.6. The molecule has 0 amide bonds. The molecular formula is C17H31CuLiN2O. The molecule has 0 aliphatic rings. The van der Waals surface area contributed by atoms with Crippen molar-refractivity contribution in [2.45, 2.75) is 38.8 Å². The minimum absolute atomic E-state index is 0. The van der Waals surface area contributed by atoms with Crippen molar-refractivity contribution in [3.8, 4) is 0 Å². The monoisotopic (exact) mass is 349 g/mol. The van der Waals surface area contributed by atoms with Crippen molar-refractivity contribution < 1.29 is 41.0 Å². The summed E-state index contributed by atoms with van der Waals surface area (Å²) >= 11 is 0. The molecule has 1 unspecified atom stereocenters. The fourth-order valence-electron chi connectivity index (χ4n) is 1.57. The maximum atomic E-state index is 10.1. The van der Waals surface area contributed by atoms with Gasteiger partial charge in [-0.2, -0.15) is 6.42 Å². The van der Waals surface area contributed by atoms with Crippen molar-refractivity contribution in [2.75, 3.05) is 27.2 Å². The Morgan fingerprint density at radius 1 is 1.23 bits per heavy atom. The molecule has 1 rings (SSSR count). The Hall–Kier alpha value is 0.217. The third-order valence-electron chi connectivity index (χ3n) is 2.99. The van der Waals surface area contributed by atoms with Crippen LogP contribution in [0.1, 0.15) is 38.4 Å². The van der Waals surface area contributed by atoms with E-state index in [1.54, 1.807) is 0 Å². The zero-order valence-electron chi connectivity index (χ0n) is 14.8. The van der Waals surface area contributed by atoms with Crippen molar-refractivity contribution in [2.24, 2.45) is 0 Å². The van der Waals surface area contributed by atoms with E-state index in [0.29, 0.717) is 0 Å². The number of likely N-dealkylation sites (N-methyl/N-ethyl adjacent to an activating group) is 1. The van der Waals surface area contributed by atoms with E-state index in [0.717, 1.165) is 25.1 Å². The molecule has 0 saturated heterocycles. The molecular weight excluding hydrogens is 319 g/mol. The number of rotatable bonds is 7. The molecule has 22 heavy (non-hydrogen) atoms. The van der Waals surface area contributed by atoms with E-state index >= 15 is 0 Å². The summed E-state index contributed by atoms with van der Waals surface area (Å²) in [6, 6.07) is 9.84. The Bertz CT molecular complexity index is 324. The molecule has 3 nitrogen and oxygen atoms in total. The molecule has 0 saturated carbocycles. The minimum atomic E-state index is -0.441. The van der Waals surface area contributed by atoms with Gasteiger partial charge >= 0.3 is 18.9 Å². The first kappa shape index (κ1) is 27.1. The zero-order chi connectivity index (χ0) is 15.4. The third-order valence-corrected chi connectivity index (χ3v) is 2.99. The van der Waals surface area contributed by atoms with Gasteiger partial charge in [0.25, 0.3) is 0 Å². The molecule has 0 aromatic heterocycles. The molecule has 0 aliphatic carbocycles. The van der Waals surface area contributed by atoms with Crippen LogP contribution in [0.25, 0.3) is 0 Å². The van der Waals surface area contributed by atoms with Gasteiger partial charge in [0.15, 0.2) is 0 Å². The molecule has 0 fully saturated rings. The second-order valence-corrected chi connectivity index (χ2v) is 5.26. The maximum Gasteiger partial charge on any atom is 1.00 e. The third kappa shape index (κ3) is 13.9. The molecule has 0 bridgehead atoms. The van der Waals surface area contributed by atoms with E-state index in [2.05, 4.69) is 24.1 Å². The molecule has 2 N–H and O–H groups in total. The normalized spacial score (nSPS) is 12.3. The quantitative estimate of drug-likeness (QED) is 0.532. The van der Waals surface area contributed by atoms with Crippen LogP contribution in [0.2, 0.25) is 0 Å². The van der Waals surface area contributed by atoms with Gasteiger partial charge in [0, 0.05) is 36.2 Å². The van der Waals surface area contributed by atoms with Crippen molar-refractivity contribution in [3.63, 3.8) is 0 Å². The van der Waals surface area contributed by atoms with E-state index in [1.165, 1.54) is 6.42 Å². The number of nitrogens with zero attached hydrogens (tertiary/aromatic N) is 1. The summed E-state index contributed by atoms with van der Waals surface area (Å²) in [5.74, 6) is 0. The maximum absolute atomic E-state index is 10.1. The molecule has 0 aliphatic heterocycles. The SMILES string of the molecule is C[C@H](NCCN(C)C)C(O)c1ccccc1.[CH2-]CCC.[Cu].[Li+]. The first-order valence-electron chi connectivity index (χ1n) is 7.43. The van der Waals surface area contributed by atoms with Crippen molar-refractivity contribution in [1.29, 1.82) is 0 Å². The van der Waals surface area contributed by atoms with E-state index in [9.17, 15) is 5.11 Å². The molecule has 0 heterocycles. The van der Waals surface area contributed by atoms with Gasteiger partial charge in [0.2, 0.25) is 0 Å². The van der Waals surface area contributed by atoms with Gasteiger partial charge in [0.1, 0.15) is 0 Å². The number of hydrogen-bond acceptors (Lipinski definition) is 3. The first-order chi connectivity index (χ1) is 9.52. The van der Waals surface area contributed by atoms with Gasteiger partial charge in [0.05, 0.1) is 6.10 Å². The number of hydrogen-bond donors (Lipinski definition) is 2. The van der Waals surface area contributed by atoms with E-state index in [1.807, 2.05) is 51.4 Å². The fraction of sp³-hybridized carbons (Fsp3) is 0.588. The molecule has 127 valence electrons. The average molecular weight is 350 g/mol. The topological polar surface area (TPSA) is 35.5 Å². The Morgan fingerprint density at radius 3 is 2.14 bits per heavy atom. The Kier molecular flexibility index (Phi) is 21.6. The summed E-state index contributed by atoms with van der Waals surface area (Å²) in [5, 5.41) is 13.4. The molecule has 5 heteroatoms. The summed E-state index contributed by atoms with van der Waals surface area (Å²) in [6.07, 6.45) is 1.84. The number of unbranched alkanes of at least 4 members (excludes halogenated alkanes) is 1. The summed E-state index contributed by atoms with van der Waals surface area (Å²) in [7, 11) is 4.08. The van der Waals surface area contributed by atoms with Crippen LogP contribution in [-0.2, 0) is 17.1 Å². The van der Waals surface area contributed by atoms with Gasteiger partial charge < -0.3 is 22.2 Å². The van der Waals surface area contributed by atoms with Crippen LogP contribution in [0.5, 0.6) is 0 Å². The Labute approximate surface area is 159 Å².